The van der Waals surface area contributed by atoms with Gasteiger partial charge in [0.1, 0.15) is 23.0 Å². The summed E-state index contributed by atoms with van der Waals surface area (Å²) in [6, 6.07) is 17.8. The molecule has 0 bridgehead atoms. The van der Waals surface area contributed by atoms with Crippen molar-refractivity contribution in [2.45, 2.75) is 13.3 Å². The Morgan fingerprint density at radius 3 is 2.18 bits per heavy atom. The van der Waals surface area contributed by atoms with Crippen LogP contribution in [-0.2, 0) is 16.0 Å². The molecule has 0 saturated carbocycles. The van der Waals surface area contributed by atoms with E-state index in [9.17, 15) is 14.0 Å². The zero-order valence-corrected chi connectivity index (χ0v) is 18.5. The van der Waals surface area contributed by atoms with E-state index in [-0.39, 0.29) is 11.3 Å². The Morgan fingerprint density at radius 1 is 0.879 bits per heavy atom. The molecule has 1 aliphatic heterocycles. The van der Waals surface area contributed by atoms with Gasteiger partial charge in [0, 0.05) is 6.07 Å². The fourth-order valence-corrected chi connectivity index (χ4v) is 3.69. The lowest BCUT2D eigenvalue weighted by Gasteiger charge is -2.16. The monoisotopic (exact) mass is 446 g/mol. The number of carbonyl (C=O) groups excluding carboxylic acids is 2. The molecule has 4 rings (SSSR count). The molecular weight excluding hydrogens is 423 g/mol. The predicted molar refractivity (Wildman–Crippen MR) is 125 cm³/mol. The third-order valence-electron chi connectivity index (χ3n) is 5.49. The van der Waals surface area contributed by atoms with E-state index < -0.39 is 17.6 Å². The molecule has 0 fully saturated rings. The Bertz CT molecular complexity index is 1230. The quantitative estimate of drug-likeness (QED) is 0.528. The fourth-order valence-electron chi connectivity index (χ4n) is 3.69. The van der Waals surface area contributed by atoms with Gasteiger partial charge in [-0.25, -0.2) is 9.29 Å². The van der Waals surface area contributed by atoms with Gasteiger partial charge >= 0.3 is 0 Å². The van der Waals surface area contributed by atoms with Gasteiger partial charge in [0.2, 0.25) is 0 Å². The van der Waals surface area contributed by atoms with Crippen LogP contribution in [0.25, 0.3) is 5.57 Å². The number of nitrogens with one attached hydrogen (secondary N) is 1. The number of rotatable bonds is 7. The lowest BCUT2D eigenvalue weighted by Crippen LogP contribution is -2.32. The first-order chi connectivity index (χ1) is 16.0. The lowest BCUT2D eigenvalue weighted by molar-refractivity contribution is -0.120. The number of anilines is 2. The molecule has 0 spiro atoms. The Morgan fingerprint density at radius 2 is 1.58 bits per heavy atom. The Balaban J connectivity index is 1.83. The molecule has 0 aliphatic carbocycles. The number of amides is 2. The molecule has 7 heteroatoms. The second-order valence-electron chi connectivity index (χ2n) is 7.41. The summed E-state index contributed by atoms with van der Waals surface area (Å²) in [4.78, 5) is 28.1. The maximum absolute atomic E-state index is 13.6. The van der Waals surface area contributed by atoms with Crippen molar-refractivity contribution in [2.24, 2.45) is 0 Å². The molecule has 1 aliphatic rings. The molecular formula is C26H23FN2O4. The molecule has 1 N–H and O–H groups in total. The summed E-state index contributed by atoms with van der Waals surface area (Å²) in [7, 11) is 3.03. The van der Waals surface area contributed by atoms with Gasteiger partial charge in [0.25, 0.3) is 11.8 Å². The van der Waals surface area contributed by atoms with Gasteiger partial charge in [-0.05, 0) is 53.9 Å². The van der Waals surface area contributed by atoms with Crippen molar-refractivity contribution in [2.75, 3.05) is 24.4 Å². The highest BCUT2D eigenvalue weighted by Crippen LogP contribution is 2.37. The SMILES string of the molecule is CCc1ccc(N2C(=O)C(Nc3cc(OC)ccc3OC)=C(c3ccc(F)cc3)C2=O)cc1. The summed E-state index contributed by atoms with van der Waals surface area (Å²) in [6.07, 6.45) is 0.837. The third kappa shape index (κ3) is 4.17. The van der Waals surface area contributed by atoms with Crippen LogP contribution >= 0.6 is 0 Å². The smallest absolute Gasteiger partial charge is 0.282 e. The van der Waals surface area contributed by atoms with Crippen LogP contribution in [0.3, 0.4) is 0 Å². The van der Waals surface area contributed by atoms with Gasteiger partial charge in [-0.2, -0.15) is 0 Å². The fraction of sp³-hybridized carbons (Fsp3) is 0.154. The van der Waals surface area contributed by atoms with E-state index in [4.69, 9.17) is 9.47 Å². The highest BCUT2D eigenvalue weighted by atomic mass is 19.1. The summed E-state index contributed by atoms with van der Waals surface area (Å²) < 4.78 is 24.3. The number of imide groups is 1. The molecule has 3 aromatic carbocycles. The van der Waals surface area contributed by atoms with E-state index in [1.54, 1.807) is 30.3 Å². The van der Waals surface area contributed by atoms with Gasteiger partial charge in [-0.3, -0.25) is 9.59 Å². The molecule has 168 valence electrons. The molecule has 0 unspecified atom stereocenters. The summed E-state index contributed by atoms with van der Waals surface area (Å²) in [6.45, 7) is 2.03. The molecule has 0 radical (unpaired) electrons. The number of benzene rings is 3. The molecule has 0 aromatic heterocycles. The highest BCUT2D eigenvalue weighted by molar-refractivity contribution is 6.46. The third-order valence-corrected chi connectivity index (χ3v) is 5.49. The van der Waals surface area contributed by atoms with Crippen molar-refractivity contribution in [1.29, 1.82) is 0 Å². The maximum Gasteiger partial charge on any atom is 0.282 e. The lowest BCUT2D eigenvalue weighted by atomic mass is 10.0. The first kappa shape index (κ1) is 22.1. The van der Waals surface area contributed by atoms with Crippen molar-refractivity contribution < 1.29 is 23.5 Å². The van der Waals surface area contributed by atoms with Crippen LogP contribution in [0.1, 0.15) is 18.1 Å². The van der Waals surface area contributed by atoms with Crippen molar-refractivity contribution in [3.05, 3.63) is 89.4 Å². The van der Waals surface area contributed by atoms with Crippen LogP contribution in [0.15, 0.2) is 72.4 Å². The second kappa shape index (κ2) is 9.16. The minimum Gasteiger partial charge on any atom is -0.497 e. The van der Waals surface area contributed by atoms with Gasteiger partial charge in [0.05, 0.1) is 31.2 Å². The van der Waals surface area contributed by atoms with Crippen LogP contribution in [0.2, 0.25) is 0 Å². The Labute approximate surface area is 191 Å². The molecule has 33 heavy (non-hydrogen) atoms. The van der Waals surface area contributed by atoms with E-state index in [1.807, 2.05) is 19.1 Å². The molecule has 0 saturated heterocycles. The zero-order chi connectivity index (χ0) is 23.5. The van der Waals surface area contributed by atoms with Crippen LogP contribution in [0, 0.1) is 5.82 Å². The van der Waals surface area contributed by atoms with Crippen LogP contribution in [0.4, 0.5) is 15.8 Å². The number of aryl methyl sites for hydroxylation is 1. The van der Waals surface area contributed by atoms with Crippen LogP contribution in [0.5, 0.6) is 11.5 Å². The van der Waals surface area contributed by atoms with Gasteiger partial charge in [-0.15, -0.1) is 0 Å². The van der Waals surface area contributed by atoms with Crippen molar-refractivity contribution >= 4 is 28.8 Å². The Hall–Kier alpha value is -4.13. The standard InChI is InChI=1S/C26H23FN2O4/c1-4-16-5-11-19(12-6-16)29-25(30)23(17-7-9-18(27)10-8-17)24(26(29)31)28-21-15-20(32-2)13-14-22(21)33-3/h5-15,28H,4H2,1-3H3. The molecule has 6 nitrogen and oxygen atoms in total. The number of halogens is 1. The topological polar surface area (TPSA) is 67.9 Å². The highest BCUT2D eigenvalue weighted by Gasteiger charge is 2.40. The number of nitrogens with zero attached hydrogens (tertiary/aromatic N) is 1. The van der Waals surface area contributed by atoms with Crippen molar-refractivity contribution in [3.8, 4) is 11.5 Å². The first-order valence-corrected chi connectivity index (χ1v) is 10.4. The average molecular weight is 446 g/mol. The number of ether oxygens (including phenoxy) is 2. The van der Waals surface area contributed by atoms with E-state index >= 15 is 0 Å². The van der Waals surface area contributed by atoms with Crippen LogP contribution < -0.4 is 19.7 Å². The number of hydrogen-bond donors (Lipinski definition) is 1. The predicted octanol–water partition coefficient (Wildman–Crippen LogP) is 4.80. The minimum absolute atomic E-state index is 0.0673. The molecule has 2 amide bonds. The summed E-state index contributed by atoms with van der Waals surface area (Å²) in [5.74, 6) is -0.445. The molecule has 1 heterocycles. The van der Waals surface area contributed by atoms with Crippen molar-refractivity contribution in [1.82, 2.24) is 0 Å². The van der Waals surface area contributed by atoms with Crippen molar-refractivity contribution in [3.63, 3.8) is 0 Å². The normalized spacial score (nSPS) is 13.5. The summed E-state index contributed by atoms with van der Waals surface area (Å²) in [5, 5.41) is 3.07. The van der Waals surface area contributed by atoms with Gasteiger partial charge in [0.15, 0.2) is 0 Å². The molecule has 0 atom stereocenters. The first-order valence-electron chi connectivity index (χ1n) is 10.4. The maximum atomic E-state index is 13.6. The number of methoxy groups -OCH3 is 2. The zero-order valence-electron chi connectivity index (χ0n) is 18.5. The average Bonchev–Trinajstić information content (AvgIpc) is 3.08. The van der Waals surface area contributed by atoms with Gasteiger partial charge < -0.3 is 14.8 Å². The van der Waals surface area contributed by atoms with E-state index in [2.05, 4.69) is 5.32 Å². The van der Waals surface area contributed by atoms with E-state index in [1.165, 1.54) is 38.5 Å². The largest absolute Gasteiger partial charge is 0.497 e. The Kier molecular flexibility index (Phi) is 6.13. The number of hydrogen-bond acceptors (Lipinski definition) is 5. The summed E-state index contributed by atoms with van der Waals surface area (Å²) in [5.41, 5.74) is 2.63. The second-order valence-corrected chi connectivity index (χ2v) is 7.41. The minimum atomic E-state index is -0.520. The van der Waals surface area contributed by atoms with E-state index in [0.29, 0.717) is 28.4 Å². The van der Waals surface area contributed by atoms with Gasteiger partial charge in [-0.1, -0.05) is 31.2 Å². The number of carbonyl (C=O) groups is 2. The van der Waals surface area contributed by atoms with Crippen LogP contribution in [-0.4, -0.2) is 26.0 Å². The van der Waals surface area contributed by atoms with E-state index in [0.717, 1.165) is 16.9 Å². The molecule has 3 aromatic rings. The summed E-state index contributed by atoms with van der Waals surface area (Å²) >= 11 is 0.